The highest BCUT2D eigenvalue weighted by molar-refractivity contribution is 4.48. The van der Waals surface area contributed by atoms with Crippen molar-refractivity contribution in [1.82, 2.24) is 0 Å². The van der Waals surface area contributed by atoms with Crippen molar-refractivity contribution in [3.63, 3.8) is 0 Å². The third-order valence-electron chi connectivity index (χ3n) is 4.08. The van der Waals surface area contributed by atoms with Gasteiger partial charge in [0.1, 0.15) is 0 Å². The van der Waals surface area contributed by atoms with Crippen LogP contribution in [0.15, 0.2) is 0 Å². The number of unbranched alkanes of at least 4 members (excludes halogenated alkanes) is 5. The highest BCUT2D eigenvalue weighted by Crippen LogP contribution is 2.15. The summed E-state index contributed by atoms with van der Waals surface area (Å²) in [5.41, 5.74) is 0. The van der Waals surface area contributed by atoms with Gasteiger partial charge in [-0.05, 0) is 32.1 Å². The fourth-order valence-corrected chi connectivity index (χ4v) is 3.32. The van der Waals surface area contributed by atoms with E-state index in [4.69, 9.17) is 0 Å². The lowest BCUT2D eigenvalue weighted by molar-refractivity contribution is -0.928. The van der Waals surface area contributed by atoms with E-state index in [1.807, 2.05) is 0 Å². The van der Waals surface area contributed by atoms with Crippen LogP contribution >= 0.6 is 0 Å². The molecule has 0 aliphatic heterocycles. The summed E-state index contributed by atoms with van der Waals surface area (Å²) in [6.45, 7) is 15.0. The highest BCUT2D eigenvalue weighted by Gasteiger charge is 2.23. The monoisotopic (exact) mass is 383 g/mol. The molecule has 0 unspecified atom stereocenters. The molecule has 0 saturated carbocycles. The minimum Gasteiger partial charge on any atom is -1.00 e. The maximum absolute atomic E-state index is 2.35. The van der Waals surface area contributed by atoms with Crippen molar-refractivity contribution in [3.8, 4) is 0 Å². The lowest BCUT2D eigenvalue weighted by Gasteiger charge is -2.38. The molecule has 0 heterocycles. The second kappa shape index (κ2) is 15.1. The largest absolute Gasteiger partial charge is 1.00 e. The van der Waals surface area contributed by atoms with E-state index < -0.39 is 0 Å². The van der Waals surface area contributed by atoms with Gasteiger partial charge in [-0.2, -0.15) is 0 Å². The first-order valence-electron chi connectivity index (χ1n) is 8.59. The second-order valence-electron chi connectivity index (χ2n) is 6.00. The number of halogens is 1. The fourth-order valence-electron chi connectivity index (χ4n) is 3.32. The van der Waals surface area contributed by atoms with Gasteiger partial charge in [0.05, 0.1) is 26.2 Å². The van der Waals surface area contributed by atoms with Crippen LogP contribution < -0.4 is 24.0 Å². The molecule has 0 aromatic rings. The maximum atomic E-state index is 2.35. The van der Waals surface area contributed by atoms with Crippen molar-refractivity contribution >= 4 is 0 Å². The minimum atomic E-state index is 0. The molecule has 0 atom stereocenters. The summed E-state index contributed by atoms with van der Waals surface area (Å²) < 4.78 is 1.40. The molecule has 0 aromatic carbocycles. The minimum absolute atomic E-state index is 0. The SMILES string of the molecule is CCCCCCCC[N+](CCC)(CCC)CCC.[I-]. The third-order valence-corrected chi connectivity index (χ3v) is 4.08. The van der Waals surface area contributed by atoms with Crippen LogP contribution in [0, 0.1) is 0 Å². The van der Waals surface area contributed by atoms with Crippen molar-refractivity contribution in [1.29, 1.82) is 0 Å². The molecule has 0 spiro atoms. The lowest BCUT2D eigenvalue weighted by Crippen LogP contribution is -3.00. The van der Waals surface area contributed by atoms with E-state index in [-0.39, 0.29) is 24.0 Å². The van der Waals surface area contributed by atoms with Crippen LogP contribution in [-0.4, -0.2) is 30.7 Å². The van der Waals surface area contributed by atoms with E-state index in [1.54, 1.807) is 0 Å². The summed E-state index contributed by atoms with van der Waals surface area (Å²) in [4.78, 5) is 0. The zero-order valence-corrected chi connectivity index (χ0v) is 16.2. The average molecular weight is 383 g/mol. The number of rotatable bonds is 13. The Morgan fingerprint density at radius 2 is 0.895 bits per heavy atom. The zero-order chi connectivity index (χ0) is 13.7. The molecule has 0 aliphatic carbocycles. The van der Waals surface area contributed by atoms with Crippen LogP contribution in [0.1, 0.15) is 85.5 Å². The molecule has 0 fully saturated rings. The normalized spacial score (nSPS) is 11.4. The van der Waals surface area contributed by atoms with Gasteiger partial charge >= 0.3 is 0 Å². The molecule has 0 N–H and O–H groups in total. The summed E-state index contributed by atoms with van der Waals surface area (Å²) in [5, 5.41) is 0. The lowest BCUT2D eigenvalue weighted by atomic mass is 10.1. The summed E-state index contributed by atoms with van der Waals surface area (Å²) >= 11 is 0. The van der Waals surface area contributed by atoms with E-state index in [9.17, 15) is 0 Å². The molecule has 0 bridgehead atoms. The molecule has 118 valence electrons. The van der Waals surface area contributed by atoms with E-state index in [0.717, 1.165) is 0 Å². The molecular weight excluding hydrogens is 345 g/mol. The zero-order valence-electron chi connectivity index (χ0n) is 14.0. The molecule has 0 aromatic heterocycles. The fraction of sp³-hybridized carbons (Fsp3) is 1.00. The van der Waals surface area contributed by atoms with Crippen LogP contribution in [0.4, 0.5) is 0 Å². The maximum Gasteiger partial charge on any atom is 0.0786 e. The van der Waals surface area contributed by atoms with Gasteiger partial charge in [0.2, 0.25) is 0 Å². The Morgan fingerprint density at radius 3 is 1.32 bits per heavy atom. The van der Waals surface area contributed by atoms with E-state index in [1.165, 1.54) is 88.4 Å². The van der Waals surface area contributed by atoms with Crippen LogP contribution in [0.3, 0.4) is 0 Å². The van der Waals surface area contributed by atoms with Crippen LogP contribution in [-0.2, 0) is 0 Å². The van der Waals surface area contributed by atoms with Crippen molar-refractivity contribution in [2.45, 2.75) is 85.5 Å². The molecule has 0 amide bonds. The Bertz CT molecular complexity index is 154. The number of hydrogen-bond donors (Lipinski definition) is 0. The average Bonchev–Trinajstić information content (AvgIpc) is 2.35. The van der Waals surface area contributed by atoms with Crippen molar-refractivity contribution in [2.75, 3.05) is 26.2 Å². The summed E-state index contributed by atoms with van der Waals surface area (Å²) in [5.74, 6) is 0. The van der Waals surface area contributed by atoms with Crippen molar-refractivity contribution in [2.24, 2.45) is 0 Å². The van der Waals surface area contributed by atoms with Gasteiger partial charge in [-0.25, -0.2) is 0 Å². The van der Waals surface area contributed by atoms with Gasteiger partial charge in [-0.15, -0.1) is 0 Å². The van der Waals surface area contributed by atoms with E-state index >= 15 is 0 Å². The van der Waals surface area contributed by atoms with Gasteiger partial charge in [-0.1, -0.05) is 53.4 Å². The summed E-state index contributed by atoms with van der Waals surface area (Å²) in [7, 11) is 0. The first-order valence-corrected chi connectivity index (χ1v) is 8.59. The Balaban J connectivity index is 0. The number of quaternary nitrogens is 1. The van der Waals surface area contributed by atoms with Crippen LogP contribution in [0.2, 0.25) is 0 Å². The molecule has 0 aliphatic rings. The van der Waals surface area contributed by atoms with Crippen molar-refractivity contribution < 1.29 is 28.5 Å². The second-order valence-corrected chi connectivity index (χ2v) is 6.00. The third kappa shape index (κ3) is 11.1. The first kappa shape index (κ1) is 22.0. The van der Waals surface area contributed by atoms with Crippen molar-refractivity contribution in [3.05, 3.63) is 0 Å². The highest BCUT2D eigenvalue weighted by atomic mass is 127. The molecule has 0 rings (SSSR count). The molecule has 1 nitrogen and oxygen atoms in total. The van der Waals surface area contributed by atoms with Gasteiger partial charge < -0.3 is 28.5 Å². The van der Waals surface area contributed by atoms with Gasteiger partial charge in [0, 0.05) is 0 Å². The smallest absolute Gasteiger partial charge is 0.0786 e. The standard InChI is InChI=1S/C17H38N.HI/c1-5-9-10-11-12-13-17-18(14-6-2,15-7-3)16-8-4;/h5-17H2,1-4H3;1H/q+1;/p-1. The number of nitrogens with zero attached hydrogens (tertiary/aromatic N) is 1. The Hall–Kier alpha value is 0.690. The van der Waals surface area contributed by atoms with Gasteiger partial charge in [0.25, 0.3) is 0 Å². The van der Waals surface area contributed by atoms with E-state index in [0.29, 0.717) is 0 Å². The molecule has 0 saturated heterocycles. The predicted octanol–water partition coefficient (Wildman–Crippen LogP) is 2.40. The molecule has 19 heavy (non-hydrogen) atoms. The topological polar surface area (TPSA) is 0 Å². The van der Waals surface area contributed by atoms with Gasteiger partial charge in [-0.3, -0.25) is 0 Å². The predicted molar refractivity (Wildman–Crippen MR) is 84.0 cm³/mol. The quantitative estimate of drug-likeness (QED) is 0.260. The van der Waals surface area contributed by atoms with Crippen LogP contribution in [0.5, 0.6) is 0 Å². The molecule has 0 radical (unpaired) electrons. The number of hydrogen-bond acceptors (Lipinski definition) is 0. The summed E-state index contributed by atoms with van der Waals surface area (Å²) in [6, 6.07) is 0. The Kier molecular flexibility index (Phi) is 17.5. The Morgan fingerprint density at radius 1 is 0.474 bits per heavy atom. The van der Waals surface area contributed by atoms with Gasteiger partial charge in [0.15, 0.2) is 0 Å². The first-order chi connectivity index (χ1) is 8.74. The Labute approximate surface area is 140 Å². The summed E-state index contributed by atoms with van der Waals surface area (Å²) in [6.07, 6.45) is 12.6. The molecule has 2 heteroatoms. The van der Waals surface area contributed by atoms with E-state index in [2.05, 4.69) is 27.7 Å². The van der Waals surface area contributed by atoms with Crippen LogP contribution in [0.25, 0.3) is 0 Å². The molecular formula is C17H38IN.